The zero-order chi connectivity index (χ0) is 15.5. The number of rotatable bonds is 4. The van der Waals surface area contributed by atoms with E-state index in [1.807, 2.05) is 6.07 Å². The molecule has 5 heteroatoms. The molecule has 0 spiro atoms. The van der Waals surface area contributed by atoms with Crippen LogP contribution >= 0.6 is 11.6 Å². The van der Waals surface area contributed by atoms with Crippen LogP contribution < -0.4 is 16.0 Å². The lowest BCUT2D eigenvalue weighted by molar-refractivity contribution is 0.297. The molecule has 4 nitrogen and oxygen atoms in total. The zero-order valence-corrected chi connectivity index (χ0v) is 12.6. The summed E-state index contributed by atoms with van der Waals surface area (Å²) < 4.78 is 7.25. The number of hydrogen-bond donors (Lipinski definition) is 1. The van der Waals surface area contributed by atoms with Gasteiger partial charge in [-0.15, -0.1) is 0 Å². The van der Waals surface area contributed by atoms with Crippen LogP contribution in [-0.2, 0) is 6.54 Å². The lowest BCUT2D eigenvalue weighted by Gasteiger charge is -2.09. The molecule has 1 heterocycles. The third-order valence-corrected chi connectivity index (χ3v) is 3.66. The van der Waals surface area contributed by atoms with E-state index in [0.717, 1.165) is 11.1 Å². The second-order valence-corrected chi connectivity index (χ2v) is 5.40. The average Bonchev–Trinajstić information content (AvgIpc) is 2.51. The normalized spacial score (nSPS) is 10.8. The number of nitrogen functional groups attached to an aromatic ring is 1. The van der Waals surface area contributed by atoms with Crippen molar-refractivity contribution in [3.8, 4) is 5.75 Å². The smallest absolute Gasteiger partial charge is 0.258 e. The Hall–Kier alpha value is -2.46. The SMILES string of the molecule is Nc1ccc(OCCn2ccc3cc(Cl)ccc3c2=O)cc1. The maximum Gasteiger partial charge on any atom is 0.258 e. The van der Waals surface area contributed by atoms with Crippen LogP contribution in [0.2, 0.25) is 5.02 Å². The van der Waals surface area contributed by atoms with Gasteiger partial charge in [0.15, 0.2) is 0 Å². The molecule has 112 valence electrons. The van der Waals surface area contributed by atoms with Crippen LogP contribution in [0, 0.1) is 0 Å². The van der Waals surface area contributed by atoms with Crippen molar-refractivity contribution < 1.29 is 4.74 Å². The van der Waals surface area contributed by atoms with Crippen molar-refractivity contribution in [1.29, 1.82) is 0 Å². The molecular weight excluding hydrogens is 300 g/mol. The van der Waals surface area contributed by atoms with E-state index in [4.69, 9.17) is 22.1 Å². The number of fused-ring (bicyclic) bond motifs is 1. The van der Waals surface area contributed by atoms with E-state index in [0.29, 0.717) is 29.2 Å². The van der Waals surface area contributed by atoms with Gasteiger partial charge in [-0.3, -0.25) is 4.79 Å². The Morgan fingerprint density at radius 1 is 1.09 bits per heavy atom. The molecule has 0 bridgehead atoms. The quantitative estimate of drug-likeness (QED) is 0.752. The Kier molecular flexibility index (Phi) is 4.02. The number of nitrogens with two attached hydrogens (primary N) is 1. The molecular formula is C17H15ClN2O2. The lowest BCUT2D eigenvalue weighted by atomic mass is 10.2. The first-order valence-corrected chi connectivity index (χ1v) is 7.28. The monoisotopic (exact) mass is 314 g/mol. The third-order valence-electron chi connectivity index (χ3n) is 3.42. The standard InChI is InChI=1S/C17H15ClN2O2/c18-13-1-6-16-12(11-13)7-8-20(17(16)21)9-10-22-15-4-2-14(19)3-5-15/h1-8,11H,9-10,19H2. The Morgan fingerprint density at radius 3 is 2.64 bits per heavy atom. The molecule has 3 rings (SSSR count). The van der Waals surface area contributed by atoms with Crippen molar-refractivity contribution in [2.45, 2.75) is 6.54 Å². The Balaban J connectivity index is 1.74. The van der Waals surface area contributed by atoms with Crippen LogP contribution in [0.4, 0.5) is 5.69 Å². The number of nitrogens with zero attached hydrogens (tertiary/aromatic N) is 1. The van der Waals surface area contributed by atoms with E-state index in [2.05, 4.69) is 0 Å². The molecule has 22 heavy (non-hydrogen) atoms. The highest BCUT2D eigenvalue weighted by atomic mass is 35.5. The minimum atomic E-state index is -0.0462. The van der Waals surface area contributed by atoms with E-state index in [-0.39, 0.29) is 5.56 Å². The zero-order valence-electron chi connectivity index (χ0n) is 11.8. The van der Waals surface area contributed by atoms with E-state index in [1.54, 1.807) is 53.2 Å². The fraction of sp³-hybridized carbons (Fsp3) is 0.118. The van der Waals surface area contributed by atoms with Gasteiger partial charge in [-0.25, -0.2) is 0 Å². The highest BCUT2D eigenvalue weighted by molar-refractivity contribution is 6.31. The molecule has 0 amide bonds. The second-order valence-electron chi connectivity index (χ2n) is 4.96. The summed E-state index contributed by atoms with van der Waals surface area (Å²) in [5.74, 6) is 0.731. The Morgan fingerprint density at radius 2 is 1.86 bits per heavy atom. The highest BCUT2D eigenvalue weighted by Crippen LogP contribution is 2.16. The lowest BCUT2D eigenvalue weighted by Crippen LogP contribution is -2.22. The summed E-state index contributed by atoms with van der Waals surface area (Å²) in [4.78, 5) is 12.4. The van der Waals surface area contributed by atoms with Gasteiger partial charge < -0.3 is 15.0 Å². The van der Waals surface area contributed by atoms with Crippen molar-refractivity contribution in [3.05, 3.63) is 70.1 Å². The number of benzene rings is 2. The molecule has 0 aliphatic heterocycles. The number of pyridine rings is 1. The molecule has 0 fully saturated rings. The van der Waals surface area contributed by atoms with E-state index in [9.17, 15) is 4.79 Å². The van der Waals surface area contributed by atoms with Gasteiger partial charge in [-0.05, 0) is 53.9 Å². The maximum absolute atomic E-state index is 12.4. The van der Waals surface area contributed by atoms with Gasteiger partial charge in [0.1, 0.15) is 12.4 Å². The fourth-order valence-electron chi connectivity index (χ4n) is 2.26. The molecule has 0 radical (unpaired) electrons. The molecule has 2 N–H and O–H groups in total. The minimum Gasteiger partial charge on any atom is -0.492 e. The fourth-order valence-corrected chi connectivity index (χ4v) is 2.44. The Bertz CT molecular complexity index is 857. The summed E-state index contributed by atoms with van der Waals surface area (Å²) in [6.07, 6.45) is 1.76. The molecule has 0 saturated heterocycles. The first-order chi connectivity index (χ1) is 10.6. The number of hydrogen-bond acceptors (Lipinski definition) is 3. The minimum absolute atomic E-state index is 0.0462. The number of halogens is 1. The van der Waals surface area contributed by atoms with Crippen LogP contribution in [0.15, 0.2) is 59.5 Å². The molecule has 0 aliphatic rings. The van der Waals surface area contributed by atoms with Gasteiger partial charge in [0.25, 0.3) is 5.56 Å². The van der Waals surface area contributed by atoms with Gasteiger partial charge in [0.2, 0.25) is 0 Å². The van der Waals surface area contributed by atoms with Crippen LogP contribution in [0.1, 0.15) is 0 Å². The summed E-state index contributed by atoms with van der Waals surface area (Å²) in [5.41, 5.74) is 6.26. The third kappa shape index (κ3) is 3.07. The summed E-state index contributed by atoms with van der Waals surface area (Å²) in [5, 5.41) is 2.11. The van der Waals surface area contributed by atoms with Gasteiger partial charge in [0.05, 0.1) is 6.54 Å². The maximum atomic E-state index is 12.4. The van der Waals surface area contributed by atoms with Gasteiger partial charge in [-0.2, -0.15) is 0 Å². The first-order valence-electron chi connectivity index (χ1n) is 6.90. The van der Waals surface area contributed by atoms with Crippen molar-refractivity contribution in [3.63, 3.8) is 0 Å². The van der Waals surface area contributed by atoms with Crippen molar-refractivity contribution in [1.82, 2.24) is 4.57 Å². The molecule has 0 saturated carbocycles. The van der Waals surface area contributed by atoms with Crippen LogP contribution in [0.25, 0.3) is 10.8 Å². The molecule has 3 aromatic rings. The number of aromatic nitrogens is 1. The average molecular weight is 315 g/mol. The van der Waals surface area contributed by atoms with Gasteiger partial charge >= 0.3 is 0 Å². The second kappa shape index (κ2) is 6.12. The number of anilines is 1. The molecule has 1 aromatic heterocycles. The van der Waals surface area contributed by atoms with Crippen LogP contribution in [0.3, 0.4) is 0 Å². The van der Waals surface area contributed by atoms with Crippen LogP contribution in [-0.4, -0.2) is 11.2 Å². The molecule has 0 unspecified atom stereocenters. The summed E-state index contributed by atoms with van der Waals surface area (Å²) in [6.45, 7) is 0.880. The van der Waals surface area contributed by atoms with Gasteiger partial charge in [0, 0.05) is 22.3 Å². The largest absolute Gasteiger partial charge is 0.492 e. The molecule has 0 atom stereocenters. The topological polar surface area (TPSA) is 57.2 Å². The molecule has 0 aliphatic carbocycles. The van der Waals surface area contributed by atoms with Gasteiger partial charge in [-0.1, -0.05) is 11.6 Å². The van der Waals surface area contributed by atoms with Crippen LogP contribution in [0.5, 0.6) is 5.75 Å². The number of ether oxygens (including phenoxy) is 1. The molecule has 2 aromatic carbocycles. The van der Waals surface area contributed by atoms with Crippen molar-refractivity contribution >= 4 is 28.1 Å². The van der Waals surface area contributed by atoms with Crippen molar-refractivity contribution in [2.24, 2.45) is 0 Å². The Labute approximate surface area is 132 Å². The highest BCUT2D eigenvalue weighted by Gasteiger charge is 2.03. The summed E-state index contributed by atoms with van der Waals surface area (Å²) in [6, 6.07) is 14.3. The predicted octanol–water partition coefficient (Wildman–Crippen LogP) is 3.32. The van der Waals surface area contributed by atoms with E-state index in [1.165, 1.54) is 0 Å². The van der Waals surface area contributed by atoms with E-state index < -0.39 is 0 Å². The van der Waals surface area contributed by atoms with E-state index >= 15 is 0 Å². The summed E-state index contributed by atoms with van der Waals surface area (Å²) in [7, 11) is 0. The van der Waals surface area contributed by atoms with Crippen molar-refractivity contribution in [2.75, 3.05) is 12.3 Å². The first kappa shape index (κ1) is 14.5. The summed E-state index contributed by atoms with van der Waals surface area (Å²) >= 11 is 5.94. The predicted molar refractivity (Wildman–Crippen MR) is 89.6 cm³/mol.